The first-order chi connectivity index (χ1) is 7.04. The fraction of sp³-hybridized carbons (Fsp3) is 0.900. The molecule has 5 heteroatoms. The Morgan fingerprint density at radius 1 is 1.27 bits per heavy atom. The summed E-state index contributed by atoms with van der Waals surface area (Å²) in [5, 5.41) is 7.99. The van der Waals surface area contributed by atoms with Gasteiger partial charge in [-0.2, -0.15) is 5.26 Å². The largest absolute Gasteiger partial charge is 0.230 e. The van der Waals surface area contributed by atoms with Gasteiger partial charge < -0.3 is 0 Å². The quantitative estimate of drug-likeness (QED) is 0.671. The summed E-state index contributed by atoms with van der Waals surface area (Å²) in [7, 11) is -3.41. The lowest BCUT2D eigenvalue weighted by Gasteiger charge is -2.21. The summed E-state index contributed by atoms with van der Waals surface area (Å²) in [5.74, 6) is 0. The first kappa shape index (κ1) is 14.4. The summed E-state index contributed by atoms with van der Waals surface area (Å²) >= 11 is 0. The van der Waals surface area contributed by atoms with Gasteiger partial charge in [0.05, 0.1) is 6.07 Å². The van der Waals surface area contributed by atoms with Crippen LogP contribution in [0.3, 0.4) is 0 Å². The van der Waals surface area contributed by atoms with Gasteiger partial charge in [0.25, 0.3) is 0 Å². The van der Waals surface area contributed by atoms with E-state index in [0.717, 1.165) is 12.8 Å². The first-order valence-electron chi connectivity index (χ1n) is 5.43. The number of hydrogen-bond acceptors (Lipinski definition) is 3. The molecule has 0 aromatic rings. The fourth-order valence-electron chi connectivity index (χ4n) is 1.43. The van der Waals surface area contributed by atoms with E-state index in [4.69, 9.17) is 5.26 Å². The lowest BCUT2D eigenvalue weighted by Crippen LogP contribution is -2.38. The van der Waals surface area contributed by atoms with Crippen molar-refractivity contribution < 1.29 is 8.42 Å². The van der Waals surface area contributed by atoms with Gasteiger partial charge in [-0.3, -0.25) is 0 Å². The number of sulfonamides is 1. The minimum absolute atomic E-state index is 0.434. The average Bonchev–Trinajstić information content (AvgIpc) is 2.20. The van der Waals surface area contributed by atoms with E-state index in [1.807, 2.05) is 13.0 Å². The van der Waals surface area contributed by atoms with Crippen molar-refractivity contribution in [3.05, 3.63) is 0 Å². The van der Waals surface area contributed by atoms with Crippen LogP contribution in [0.25, 0.3) is 0 Å². The van der Waals surface area contributed by atoms with E-state index in [1.54, 1.807) is 13.8 Å². The van der Waals surface area contributed by atoms with Gasteiger partial charge in [0.1, 0.15) is 0 Å². The maximum absolute atomic E-state index is 11.9. The Morgan fingerprint density at radius 3 is 2.13 bits per heavy atom. The van der Waals surface area contributed by atoms with E-state index >= 15 is 0 Å². The highest BCUT2D eigenvalue weighted by atomic mass is 32.2. The molecule has 0 spiro atoms. The third-order valence-corrected chi connectivity index (χ3v) is 4.69. The molecule has 4 nitrogen and oxygen atoms in total. The lowest BCUT2D eigenvalue weighted by molar-refractivity contribution is 0.437. The summed E-state index contributed by atoms with van der Waals surface area (Å²) < 4.78 is 25.2. The smallest absolute Gasteiger partial charge is 0.211 e. The summed E-state index contributed by atoms with van der Waals surface area (Å²) in [6.07, 6.45) is 2.12. The van der Waals surface area contributed by atoms with Crippen molar-refractivity contribution in [1.82, 2.24) is 4.31 Å². The predicted molar refractivity (Wildman–Crippen MR) is 60.8 cm³/mol. The van der Waals surface area contributed by atoms with Gasteiger partial charge in [0.15, 0.2) is 5.25 Å². The zero-order valence-electron chi connectivity index (χ0n) is 9.73. The van der Waals surface area contributed by atoms with Crippen molar-refractivity contribution in [1.29, 1.82) is 5.26 Å². The van der Waals surface area contributed by atoms with Crippen molar-refractivity contribution >= 4 is 10.0 Å². The number of nitrogens with zero attached hydrogens (tertiary/aromatic N) is 2. The molecule has 0 aliphatic rings. The Labute approximate surface area is 92.9 Å². The highest BCUT2D eigenvalue weighted by Crippen LogP contribution is 2.14. The highest BCUT2D eigenvalue weighted by molar-refractivity contribution is 7.90. The zero-order chi connectivity index (χ0) is 11.9. The van der Waals surface area contributed by atoms with Crippen LogP contribution in [0.2, 0.25) is 0 Å². The molecule has 0 amide bonds. The minimum atomic E-state index is -3.41. The van der Waals surface area contributed by atoms with Crippen LogP contribution >= 0.6 is 0 Å². The molecule has 1 atom stereocenters. The molecule has 0 aliphatic heterocycles. The molecule has 0 aromatic heterocycles. The third-order valence-electron chi connectivity index (χ3n) is 2.39. The predicted octanol–water partition coefficient (Wildman–Crippen LogP) is 1.74. The van der Waals surface area contributed by atoms with Crippen molar-refractivity contribution in [2.24, 2.45) is 0 Å². The summed E-state index contributed by atoms with van der Waals surface area (Å²) in [4.78, 5) is 0. The number of hydrogen-bond donors (Lipinski definition) is 0. The SMILES string of the molecule is CCCCC(C#N)S(=O)(=O)N(CC)CC. The molecule has 0 N–H and O–H groups in total. The fourth-order valence-corrected chi connectivity index (χ4v) is 3.11. The molecule has 0 rings (SSSR count). The number of unbranched alkanes of at least 4 members (excludes halogenated alkanes) is 1. The van der Waals surface area contributed by atoms with Crippen LogP contribution in [-0.4, -0.2) is 31.1 Å². The van der Waals surface area contributed by atoms with Gasteiger partial charge in [-0.15, -0.1) is 0 Å². The minimum Gasteiger partial charge on any atom is -0.211 e. The van der Waals surface area contributed by atoms with Crippen molar-refractivity contribution in [3.63, 3.8) is 0 Å². The molecule has 0 aliphatic carbocycles. The normalized spacial score (nSPS) is 13.8. The molecule has 15 heavy (non-hydrogen) atoms. The molecular weight excluding hydrogens is 212 g/mol. The van der Waals surface area contributed by atoms with Crippen LogP contribution in [0.5, 0.6) is 0 Å². The van der Waals surface area contributed by atoms with Gasteiger partial charge in [0.2, 0.25) is 10.0 Å². The molecule has 0 saturated carbocycles. The summed E-state index contributed by atoms with van der Waals surface area (Å²) in [5.41, 5.74) is 0. The van der Waals surface area contributed by atoms with Gasteiger partial charge in [-0.1, -0.05) is 33.6 Å². The molecule has 0 bridgehead atoms. The average molecular weight is 232 g/mol. The lowest BCUT2D eigenvalue weighted by atomic mass is 10.2. The zero-order valence-corrected chi connectivity index (χ0v) is 10.5. The van der Waals surface area contributed by atoms with Crippen molar-refractivity contribution in [2.45, 2.75) is 45.3 Å². The molecule has 0 aromatic carbocycles. The first-order valence-corrected chi connectivity index (χ1v) is 6.93. The third kappa shape index (κ3) is 3.80. The Kier molecular flexibility index (Phi) is 6.53. The van der Waals surface area contributed by atoms with Crippen LogP contribution < -0.4 is 0 Å². The summed E-state index contributed by atoms with van der Waals surface area (Å²) in [6.45, 7) is 6.43. The molecule has 0 saturated heterocycles. The van der Waals surface area contributed by atoms with Crippen LogP contribution in [0.1, 0.15) is 40.0 Å². The van der Waals surface area contributed by atoms with Gasteiger partial charge >= 0.3 is 0 Å². The van der Waals surface area contributed by atoms with E-state index in [0.29, 0.717) is 19.5 Å². The molecule has 0 fully saturated rings. The molecule has 0 radical (unpaired) electrons. The standard InChI is InChI=1S/C10H20N2O2S/c1-4-7-8-10(9-11)15(13,14)12(5-2)6-3/h10H,4-8H2,1-3H3. The topological polar surface area (TPSA) is 61.2 Å². The number of nitriles is 1. The Bertz CT molecular complexity index is 302. The Morgan fingerprint density at radius 2 is 1.80 bits per heavy atom. The second-order valence-electron chi connectivity index (χ2n) is 3.39. The highest BCUT2D eigenvalue weighted by Gasteiger charge is 2.29. The van der Waals surface area contributed by atoms with E-state index in [9.17, 15) is 8.42 Å². The Balaban J connectivity index is 4.74. The second kappa shape index (κ2) is 6.81. The van der Waals surface area contributed by atoms with Crippen molar-refractivity contribution in [3.8, 4) is 6.07 Å². The Hall–Kier alpha value is -0.600. The van der Waals surface area contributed by atoms with Crippen LogP contribution in [0.4, 0.5) is 0 Å². The molecule has 1 unspecified atom stereocenters. The monoisotopic (exact) mass is 232 g/mol. The van der Waals surface area contributed by atoms with Gasteiger partial charge in [0, 0.05) is 13.1 Å². The van der Waals surface area contributed by atoms with Crippen molar-refractivity contribution in [2.75, 3.05) is 13.1 Å². The number of rotatable bonds is 7. The maximum atomic E-state index is 11.9. The maximum Gasteiger partial charge on any atom is 0.230 e. The summed E-state index contributed by atoms with van der Waals surface area (Å²) in [6, 6.07) is 1.90. The van der Waals surface area contributed by atoms with E-state index < -0.39 is 15.3 Å². The van der Waals surface area contributed by atoms with Crippen LogP contribution in [0.15, 0.2) is 0 Å². The van der Waals surface area contributed by atoms with Gasteiger partial charge in [-0.25, -0.2) is 12.7 Å². The molecule has 88 valence electrons. The van der Waals surface area contributed by atoms with E-state index in [2.05, 4.69) is 0 Å². The second-order valence-corrected chi connectivity index (χ2v) is 5.50. The van der Waals surface area contributed by atoms with Crippen LogP contribution in [-0.2, 0) is 10.0 Å². The van der Waals surface area contributed by atoms with Gasteiger partial charge in [-0.05, 0) is 6.42 Å². The molecular formula is C10H20N2O2S. The van der Waals surface area contributed by atoms with Crippen LogP contribution in [0, 0.1) is 11.3 Å². The molecule has 0 heterocycles. The van der Waals surface area contributed by atoms with E-state index in [1.165, 1.54) is 4.31 Å². The van der Waals surface area contributed by atoms with E-state index in [-0.39, 0.29) is 0 Å².